The van der Waals surface area contributed by atoms with Crippen LogP contribution < -0.4 is 9.96 Å². The van der Waals surface area contributed by atoms with Gasteiger partial charge in [0.05, 0.1) is 23.5 Å². The van der Waals surface area contributed by atoms with Gasteiger partial charge in [-0.2, -0.15) is 0 Å². The van der Waals surface area contributed by atoms with Crippen molar-refractivity contribution in [3.63, 3.8) is 0 Å². The van der Waals surface area contributed by atoms with Crippen LogP contribution in [0.4, 0.5) is 0 Å². The van der Waals surface area contributed by atoms with Crippen molar-refractivity contribution in [1.29, 1.82) is 0 Å². The molecule has 2 N–H and O–H groups in total. The summed E-state index contributed by atoms with van der Waals surface area (Å²) in [5, 5.41) is 0.428. The van der Waals surface area contributed by atoms with E-state index in [1.54, 1.807) is 0 Å². The molecule has 0 bridgehead atoms. The number of hydrogen-bond donors (Lipinski definition) is 2. The third-order valence-corrected chi connectivity index (χ3v) is 16.7. The molecule has 2 aromatic rings. The average Bonchev–Trinajstić information content (AvgIpc) is 2.64. The molecule has 166 valence electrons. The summed E-state index contributed by atoms with van der Waals surface area (Å²) in [6.07, 6.45) is 3.80. The zero-order valence-electron chi connectivity index (χ0n) is 20.7. The summed E-state index contributed by atoms with van der Waals surface area (Å²) in [5.41, 5.74) is 2.15. The monoisotopic (exact) mass is 442 g/mol. The molecule has 2 aromatic heterocycles. The molecule has 2 rings (SSSR count). The lowest BCUT2D eigenvalue weighted by atomic mass is 10.0. The molecule has 2 atom stereocenters. The van der Waals surface area contributed by atoms with Gasteiger partial charge in [-0.3, -0.25) is 9.97 Å². The molecule has 0 fully saturated rings. The quantitative estimate of drug-likeness (QED) is 0.484. The highest BCUT2D eigenvalue weighted by Crippen LogP contribution is 2.41. The zero-order valence-corrected chi connectivity index (χ0v) is 22.7. The Hall–Kier alpha value is -1.35. The molecule has 0 aliphatic heterocycles. The van der Waals surface area contributed by atoms with E-state index in [2.05, 4.69) is 102 Å². The normalized spacial score (nSPS) is 15.7. The first-order chi connectivity index (χ1) is 13.7. The molecule has 0 aromatic carbocycles. The van der Waals surface area contributed by atoms with E-state index >= 15 is 0 Å². The van der Waals surface area contributed by atoms with Crippen LogP contribution in [0.15, 0.2) is 48.8 Å². The fraction of sp³-hybridized carbons (Fsp3) is 0.583. The number of aromatic nitrogens is 2. The van der Waals surface area contributed by atoms with Gasteiger partial charge in [0.1, 0.15) is 16.5 Å². The fourth-order valence-electron chi connectivity index (χ4n) is 2.99. The molecular formula is C24H42N4Si2. The molecule has 0 saturated heterocycles. The molecule has 2 heterocycles. The van der Waals surface area contributed by atoms with Gasteiger partial charge in [0, 0.05) is 12.4 Å². The van der Waals surface area contributed by atoms with Gasteiger partial charge in [0.15, 0.2) is 0 Å². The van der Waals surface area contributed by atoms with Crippen LogP contribution in [0.25, 0.3) is 0 Å². The maximum absolute atomic E-state index is 4.79. The highest BCUT2D eigenvalue weighted by molar-refractivity contribution is 6.78. The van der Waals surface area contributed by atoms with Crippen molar-refractivity contribution in [3.05, 3.63) is 60.2 Å². The number of nitrogens with zero attached hydrogens (tertiary/aromatic N) is 2. The van der Waals surface area contributed by atoms with Gasteiger partial charge < -0.3 is 9.96 Å². The van der Waals surface area contributed by atoms with Crippen molar-refractivity contribution in [1.82, 2.24) is 19.9 Å². The Morgan fingerprint density at radius 1 is 0.633 bits per heavy atom. The first kappa shape index (κ1) is 24.9. The predicted octanol–water partition coefficient (Wildman–Crippen LogP) is 6.45. The third-order valence-electron chi connectivity index (χ3n) is 7.13. The molecule has 0 radical (unpaired) electrons. The van der Waals surface area contributed by atoms with Gasteiger partial charge in [0.2, 0.25) is 0 Å². The second-order valence-corrected chi connectivity index (χ2v) is 21.6. The van der Waals surface area contributed by atoms with E-state index < -0.39 is 16.5 Å². The van der Waals surface area contributed by atoms with Gasteiger partial charge in [-0.25, -0.2) is 0 Å². The van der Waals surface area contributed by atoms with Crippen LogP contribution in [0.5, 0.6) is 0 Å². The van der Waals surface area contributed by atoms with Crippen molar-refractivity contribution in [2.24, 2.45) is 0 Å². The smallest absolute Gasteiger partial charge is 0.125 e. The van der Waals surface area contributed by atoms with Crippen LogP contribution in [0.2, 0.25) is 36.3 Å². The van der Waals surface area contributed by atoms with E-state index in [9.17, 15) is 0 Å². The van der Waals surface area contributed by atoms with Crippen LogP contribution >= 0.6 is 0 Å². The van der Waals surface area contributed by atoms with Crippen LogP contribution in [-0.2, 0) is 0 Å². The van der Waals surface area contributed by atoms with E-state index in [1.807, 2.05) is 24.5 Å². The second-order valence-electron chi connectivity index (χ2n) is 11.5. The summed E-state index contributed by atoms with van der Waals surface area (Å²) in [4.78, 5) is 17.8. The molecule has 6 heteroatoms. The maximum Gasteiger partial charge on any atom is 0.125 e. The summed E-state index contributed by atoms with van der Waals surface area (Å²) < 4.78 is 0. The number of rotatable bonds is 7. The molecule has 0 aliphatic rings. The second kappa shape index (κ2) is 9.03. The molecule has 0 aliphatic carbocycles. The minimum atomic E-state index is -1.81. The van der Waals surface area contributed by atoms with Crippen LogP contribution in [0.1, 0.15) is 65.0 Å². The third kappa shape index (κ3) is 5.87. The van der Waals surface area contributed by atoms with E-state index in [4.69, 9.17) is 9.97 Å². The molecule has 4 nitrogen and oxygen atoms in total. The molecule has 0 saturated carbocycles. The van der Waals surface area contributed by atoms with Crippen molar-refractivity contribution >= 4 is 16.5 Å². The molecule has 0 amide bonds. The number of pyridine rings is 2. The lowest BCUT2D eigenvalue weighted by Gasteiger charge is -2.46. The predicted molar refractivity (Wildman–Crippen MR) is 135 cm³/mol. The van der Waals surface area contributed by atoms with Gasteiger partial charge >= 0.3 is 0 Å². The SMILES string of the molecule is CC(C)(C)[Si](C)(C)N[C@H](c1ccccn1)[C@H](N[Si](C)(C)C(C)(C)C)c1ccccn1. The Balaban J connectivity index is 2.61. The van der Waals surface area contributed by atoms with Crippen LogP contribution in [0.3, 0.4) is 0 Å². The van der Waals surface area contributed by atoms with E-state index in [-0.39, 0.29) is 22.2 Å². The fourth-order valence-corrected chi connectivity index (χ4v) is 6.04. The van der Waals surface area contributed by atoms with Crippen molar-refractivity contribution in [2.45, 2.75) is 89.9 Å². The Morgan fingerprint density at radius 3 is 1.20 bits per heavy atom. The first-order valence-electron chi connectivity index (χ1n) is 11.0. The standard InChI is InChI=1S/C24H42N4Si2/c1-23(2,3)29(7,8)27-21(19-15-11-13-17-25-19)22(20-16-12-14-18-26-20)28-30(9,10)24(4,5)6/h11-18,21-22,27-28H,1-10H3/t21-,22-/m1/s1. The highest BCUT2D eigenvalue weighted by atomic mass is 28.3. The van der Waals surface area contributed by atoms with Gasteiger partial charge in [-0.15, -0.1) is 0 Å². The van der Waals surface area contributed by atoms with Crippen molar-refractivity contribution in [3.8, 4) is 0 Å². The minimum absolute atomic E-state index is 0.0520. The van der Waals surface area contributed by atoms with Crippen molar-refractivity contribution in [2.75, 3.05) is 0 Å². The molecule has 0 unspecified atom stereocenters. The van der Waals surface area contributed by atoms with E-state index in [0.717, 1.165) is 11.4 Å². The summed E-state index contributed by atoms with van der Waals surface area (Å²) >= 11 is 0. The van der Waals surface area contributed by atoms with Gasteiger partial charge in [0.25, 0.3) is 0 Å². The summed E-state index contributed by atoms with van der Waals surface area (Å²) in [6, 6.07) is 12.6. The number of hydrogen-bond acceptors (Lipinski definition) is 4. The molecular weight excluding hydrogens is 400 g/mol. The minimum Gasteiger partial charge on any atom is -0.328 e. The molecule has 0 spiro atoms. The topological polar surface area (TPSA) is 49.8 Å². The van der Waals surface area contributed by atoms with Crippen molar-refractivity contribution < 1.29 is 0 Å². The Morgan fingerprint density at radius 2 is 0.967 bits per heavy atom. The van der Waals surface area contributed by atoms with Gasteiger partial charge in [-0.05, 0) is 34.3 Å². The Labute approximate surface area is 186 Å². The van der Waals surface area contributed by atoms with Crippen LogP contribution in [-0.4, -0.2) is 26.4 Å². The summed E-state index contributed by atoms with van der Waals surface area (Å²) in [5.74, 6) is 0. The summed E-state index contributed by atoms with van der Waals surface area (Å²) in [7, 11) is -3.62. The number of nitrogens with one attached hydrogen (secondary N) is 2. The molecule has 30 heavy (non-hydrogen) atoms. The largest absolute Gasteiger partial charge is 0.328 e. The first-order valence-corrected chi connectivity index (χ1v) is 17.0. The zero-order chi connectivity index (χ0) is 22.8. The van der Waals surface area contributed by atoms with E-state index in [1.165, 1.54) is 0 Å². The highest BCUT2D eigenvalue weighted by Gasteiger charge is 2.44. The Bertz CT molecular complexity index is 724. The Kier molecular flexibility index (Phi) is 7.50. The van der Waals surface area contributed by atoms with Crippen LogP contribution in [0, 0.1) is 0 Å². The van der Waals surface area contributed by atoms with E-state index in [0.29, 0.717) is 0 Å². The summed E-state index contributed by atoms with van der Waals surface area (Å²) in [6.45, 7) is 23.8. The maximum atomic E-state index is 4.79. The van der Waals surface area contributed by atoms with Gasteiger partial charge in [-0.1, -0.05) is 79.9 Å². The lowest BCUT2D eigenvalue weighted by molar-refractivity contribution is 0.449. The lowest BCUT2D eigenvalue weighted by Crippen LogP contribution is -2.60. The average molecular weight is 443 g/mol.